The SMILES string of the molecule is CCc1cc(-c2nc(C)no2)n(C)n1. The van der Waals surface area contributed by atoms with Gasteiger partial charge in [-0.05, 0) is 19.4 Å². The van der Waals surface area contributed by atoms with Crippen molar-refractivity contribution in [1.82, 2.24) is 19.9 Å². The molecule has 0 aliphatic heterocycles. The van der Waals surface area contributed by atoms with Gasteiger partial charge in [-0.2, -0.15) is 10.1 Å². The summed E-state index contributed by atoms with van der Waals surface area (Å²) in [6.07, 6.45) is 0.904. The molecule has 0 aliphatic rings. The monoisotopic (exact) mass is 192 g/mol. The number of aryl methyl sites for hydroxylation is 3. The van der Waals surface area contributed by atoms with Gasteiger partial charge in [0.15, 0.2) is 5.82 Å². The molecule has 5 heteroatoms. The highest BCUT2D eigenvalue weighted by atomic mass is 16.5. The molecular weight excluding hydrogens is 180 g/mol. The van der Waals surface area contributed by atoms with E-state index < -0.39 is 0 Å². The Hall–Kier alpha value is -1.65. The third-order valence-corrected chi connectivity index (χ3v) is 2.04. The lowest BCUT2D eigenvalue weighted by atomic mass is 10.3. The predicted molar refractivity (Wildman–Crippen MR) is 50.6 cm³/mol. The molecule has 0 spiro atoms. The third kappa shape index (κ3) is 1.41. The molecule has 0 N–H and O–H groups in total. The van der Waals surface area contributed by atoms with Crippen LogP contribution in [0.3, 0.4) is 0 Å². The molecule has 5 nitrogen and oxygen atoms in total. The van der Waals surface area contributed by atoms with Crippen LogP contribution in [0.5, 0.6) is 0 Å². The number of aromatic nitrogens is 4. The molecule has 0 unspecified atom stereocenters. The van der Waals surface area contributed by atoms with Crippen LogP contribution in [0.1, 0.15) is 18.4 Å². The lowest BCUT2D eigenvalue weighted by molar-refractivity contribution is 0.422. The molecule has 2 aromatic heterocycles. The summed E-state index contributed by atoms with van der Waals surface area (Å²) in [6, 6.07) is 1.97. The molecule has 0 saturated carbocycles. The first-order chi connectivity index (χ1) is 6.70. The second-order valence-electron chi connectivity index (χ2n) is 3.14. The lowest BCUT2D eigenvalue weighted by Gasteiger charge is -1.92. The highest BCUT2D eigenvalue weighted by molar-refractivity contribution is 5.47. The van der Waals surface area contributed by atoms with Crippen LogP contribution in [0.4, 0.5) is 0 Å². The smallest absolute Gasteiger partial charge is 0.276 e. The first-order valence-electron chi connectivity index (χ1n) is 4.54. The molecule has 0 amide bonds. The van der Waals surface area contributed by atoms with E-state index in [1.807, 2.05) is 13.1 Å². The fourth-order valence-electron chi connectivity index (χ4n) is 1.30. The van der Waals surface area contributed by atoms with Gasteiger partial charge in [0.05, 0.1) is 5.69 Å². The average molecular weight is 192 g/mol. The molecule has 0 atom stereocenters. The molecule has 0 saturated heterocycles. The van der Waals surface area contributed by atoms with E-state index in [1.165, 1.54) is 0 Å². The van der Waals surface area contributed by atoms with Crippen molar-refractivity contribution < 1.29 is 4.52 Å². The Morgan fingerprint density at radius 1 is 1.50 bits per heavy atom. The van der Waals surface area contributed by atoms with Crippen molar-refractivity contribution in [1.29, 1.82) is 0 Å². The molecule has 2 aromatic rings. The van der Waals surface area contributed by atoms with Gasteiger partial charge in [-0.15, -0.1) is 0 Å². The average Bonchev–Trinajstić information content (AvgIpc) is 2.71. The summed E-state index contributed by atoms with van der Waals surface area (Å²) < 4.78 is 6.82. The van der Waals surface area contributed by atoms with Gasteiger partial charge in [0.2, 0.25) is 0 Å². The van der Waals surface area contributed by atoms with Crippen molar-refractivity contribution in [2.24, 2.45) is 7.05 Å². The highest BCUT2D eigenvalue weighted by Gasteiger charge is 2.12. The summed E-state index contributed by atoms with van der Waals surface area (Å²) in [5, 5.41) is 8.05. The first-order valence-corrected chi connectivity index (χ1v) is 4.54. The van der Waals surface area contributed by atoms with Gasteiger partial charge in [-0.25, -0.2) is 0 Å². The Morgan fingerprint density at radius 2 is 2.29 bits per heavy atom. The van der Waals surface area contributed by atoms with Crippen LogP contribution in [-0.4, -0.2) is 19.9 Å². The van der Waals surface area contributed by atoms with E-state index in [0.29, 0.717) is 11.7 Å². The molecule has 74 valence electrons. The van der Waals surface area contributed by atoms with E-state index in [4.69, 9.17) is 4.52 Å². The second-order valence-corrected chi connectivity index (χ2v) is 3.14. The summed E-state index contributed by atoms with van der Waals surface area (Å²) in [4.78, 5) is 4.15. The van der Waals surface area contributed by atoms with Gasteiger partial charge in [-0.3, -0.25) is 4.68 Å². The molecule has 0 aromatic carbocycles. The number of nitrogens with zero attached hydrogens (tertiary/aromatic N) is 4. The fraction of sp³-hybridized carbons (Fsp3) is 0.444. The van der Waals surface area contributed by atoms with Gasteiger partial charge in [-0.1, -0.05) is 12.1 Å². The van der Waals surface area contributed by atoms with E-state index >= 15 is 0 Å². The molecule has 0 fully saturated rings. The zero-order valence-electron chi connectivity index (χ0n) is 8.48. The summed E-state index contributed by atoms with van der Waals surface area (Å²) in [5.41, 5.74) is 1.89. The Kier molecular flexibility index (Phi) is 2.07. The maximum Gasteiger partial charge on any atom is 0.276 e. The van der Waals surface area contributed by atoms with Gasteiger partial charge < -0.3 is 4.52 Å². The maximum atomic E-state index is 5.07. The van der Waals surface area contributed by atoms with E-state index in [1.54, 1.807) is 11.6 Å². The minimum atomic E-state index is 0.525. The Morgan fingerprint density at radius 3 is 2.79 bits per heavy atom. The summed E-state index contributed by atoms with van der Waals surface area (Å²) in [6.45, 7) is 3.86. The predicted octanol–water partition coefficient (Wildman–Crippen LogP) is 1.34. The van der Waals surface area contributed by atoms with Crippen LogP contribution in [-0.2, 0) is 13.5 Å². The van der Waals surface area contributed by atoms with E-state index in [9.17, 15) is 0 Å². The van der Waals surface area contributed by atoms with Crippen LogP contribution < -0.4 is 0 Å². The zero-order valence-corrected chi connectivity index (χ0v) is 8.48. The van der Waals surface area contributed by atoms with Crippen molar-refractivity contribution in [2.75, 3.05) is 0 Å². The van der Waals surface area contributed by atoms with Crippen LogP contribution in [0.15, 0.2) is 10.6 Å². The Bertz CT molecular complexity index is 443. The quantitative estimate of drug-likeness (QED) is 0.720. The molecule has 2 rings (SSSR count). The van der Waals surface area contributed by atoms with E-state index in [-0.39, 0.29) is 0 Å². The second kappa shape index (κ2) is 3.25. The number of hydrogen-bond acceptors (Lipinski definition) is 4. The van der Waals surface area contributed by atoms with E-state index in [0.717, 1.165) is 17.8 Å². The summed E-state index contributed by atoms with van der Waals surface area (Å²) in [7, 11) is 1.87. The van der Waals surface area contributed by atoms with Gasteiger partial charge >= 0.3 is 0 Å². The molecule has 2 heterocycles. The molecule has 0 bridgehead atoms. The van der Waals surface area contributed by atoms with Crippen LogP contribution >= 0.6 is 0 Å². The van der Waals surface area contributed by atoms with Crippen molar-refractivity contribution in [3.05, 3.63) is 17.6 Å². The Labute approximate surface area is 81.7 Å². The fourth-order valence-corrected chi connectivity index (χ4v) is 1.30. The Balaban J connectivity index is 2.45. The van der Waals surface area contributed by atoms with Crippen molar-refractivity contribution in [2.45, 2.75) is 20.3 Å². The summed E-state index contributed by atoms with van der Waals surface area (Å²) in [5.74, 6) is 1.16. The van der Waals surface area contributed by atoms with E-state index in [2.05, 4.69) is 22.2 Å². The normalized spacial score (nSPS) is 10.8. The van der Waals surface area contributed by atoms with Crippen LogP contribution in [0.2, 0.25) is 0 Å². The molecule has 0 radical (unpaired) electrons. The third-order valence-electron chi connectivity index (χ3n) is 2.04. The minimum Gasteiger partial charge on any atom is -0.332 e. The minimum absolute atomic E-state index is 0.525. The van der Waals surface area contributed by atoms with Gasteiger partial charge in [0, 0.05) is 7.05 Å². The van der Waals surface area contributed by atoms with Crippen molar-refractivity contribution in [3.8, 4) is 11.6 Å². The highest BCUT2D eigenvalue weighted by Crippen LogP contribution is 2.17. The van der Waals surface area contributed by atoms with Gasteiger partial charge in [0.1, 0.15) is 5.69 Å². The number of rotatable bonds is 2. The van der Waals surface area contributed by atoms with Crippen LogP contribution in [0.25, 0.3) is 11.6 Å². The zero-order chi connectivity index (χ0) is 10.1. The number of hydrogen-bond donors (Lipinski definition) is 0. The van der Waals surface area contributed by atoms with Crippen molar-refractivity contribution in [3.63, 3.8) is 0 Å². The molecule has 0 aliphatic carbocycles. The van der Waals surface area contributed by atoms with Gasteiger partial charge in [0.25, 0.3) is 5.89 Å². The van der Waals surface area contributed by atoms with Crippen molar-refractivity contribution >= 4 is 0 Å². The summed E-state index contributed by atoms with van der Waals surface area (Å²) >= 11 is 0. The molecular formula is C9H12N4O. The standard InChI is InChI=1S/C9H12N4O/c1-4-7-5-8(13(3)11-7)9-10-6(2)12-14-9/h5H,4H2,1-3H3. The first kappa shape index (κ1) is 8.93. The molecule has 14 heavy (non-hydrogen) atoms. The van der Waals surface area contributed by atoms with Crippen LogP contribution in [0, 0.1) is 6.92 Å². The topological polar surface area (TPSA) is 56.7 Å². The lowest BCUT2D eigenvalue weighted by Crippen LogP contribution is -1.94. The maximum absolute atomic E-state index is 5.07. The largest absolute Gasteiger partial charge is 0.332 e.